The van der Waals surface area contributed by atoms with Gasteiger partial charge < -0.3 is 0 Å². The second kappa shape index (κ2) is 5.18. The molecular formula is C13H22N2O2S. The fourth-order valence-electron chi connectivity index (χ4n) is 3.16. The Hall–Kier alpha value is -0.600. The highest BCUT2D eigenvalue weighted by molar-refractivity contribution is 7.90. The van der Waals surface area contributed by atoms with Crippen LogP contribution in [0, 0.1) is 23.2 Å². The molecule has 0 radical (unpaired) electrons. The molecule has 4 nitrogen and oxygen atoms in total. The molecule has 0 heterocycles. The first-order valence-electron chi connectivity index (χ1n) is 6.88. The number of sulfonamides is 1. The third kappa shape index (κ3) is 2.55. The molecule has 0 aromatic carbocycles. The molecule has 3 atom stereocenters. The van der Waals surface area contributed by atoms with E-state index in [1.54, 1.807) is 0 Å². The van der Waals surface area contributed by atoms with Crippen LogP contribution in [-0.2, 0) is 10.0 Å². The third-order valence-electron chi connectivity index (χ3n) is 4.45. The van der Waals surface area contributed by atoms with Gasteiger partial charge in [0.2, 0.25) is 10.0 Å². The Morgan fingerprint density at radius 3 is 2.44 bits per heavy atom. The molecule has 0 unspecified atom stereocenters. The summed E-state index contributed by atoms with van der Waals surface area (Å²) in [6, 6.07) is 2.08. The molecule has 0 amide bonds. The van der Waals surface area contributed by atoms with Crippen molar-refractivity contribution in [2.45, 2.75) is 57.2 Å². The Morgan fingerprint density at radius 2 is 2.00 bits per heavy atom. The monoisotopic (exact) mass is 270 g/mol. The van der Waals surface area contributed by atoms with Crippen molar-refractivity contribution in [3.8, 4) is 6.07 Å². The minimum Gasteiger partial charge on any atom is -0.212 e. The second-order valence-electron chi connectivity index (χ2n) is 5.72. The SMILES string of the molecule is CC[C@@H]1C[C@H](N(CC#N)S(=O)(=O)C2CC2)C[C@@H]1C. The third-order valence-corrected chi connectivity index (χ3v) is 6.85. The van der Waals surface area contributed by atoms with Crippen molar-refractivity contribution < 1.29 is 8.42 Å². The Morgan fingerprint density at radius 1 is 1.33 bits per heavy atom. The summed E-state index contributed by atoms with van der Waals surface area (Å²) in [6.45, 7) is 4.38. The van der Waals surface area contributed by atoms with Gasteiger partial charge in [-0.05, 0) is 37.5 Å². The fraction of sp³-hybridized carbons (Fsp3) is 0.923. The Balaban J connectivity index is 2.14. The molecule has 0 saturated heterocycles. The molecule has 2 fully saturated rings. The van der Waals surface area contributed by atoms with Crippen LogP contribution < -0.4 is 0 Å². The molecule has 2 rings (SSSR count). The first-order chi connectivity index (χ1) is 8.50. The first-order valence-corrected chi connectivity index (χ1v) is 8.38. The van der Waals surface area contributed by atoms with E-state index in [0.717, 1.165) is 32.1 Å². The molecule has 0 N–H and O–H groups in total. The smallest absolute Gasteiger partial charge is 0.212 e. The molecular weight excluding hydrogens is 248 g/mol. The maximum atomic E-state index is 12.3. The van der Waals surface area contributed by atoms with Gasteiger partial charge in [-0.25, -0.2) is 8.42 Å². The van der Waals surface area contributed by atoms with Gasteiger partial charge in [0.25, 0.3) is 0 Å². The van der Waals surface area contributed by atoms with E-state index < -0.39 is 10.0 Å². The summed E-state index contributed by atoms with van der Waals surface area (Å²) in [5.74, 6) is 1.17. The predicted octanol–water partition coefficient (Wildman–Crippen LogP) is 2.13. The van der Waals surface area contributed by atoms with Crippen molar-refractivity contribution in [3.05, 3.63) is 0 Å². The van der Waals surface area contributed by atoms with Gasteiger partial charge >= 0.3 is 0 Å². The van der Waals surface area contributed by atoms with Crippen LogP contribution in [0.4, 0.5) is 0 Å². The fourth-order valence-corrected chi connectivity index (χ4v) is 5.10. The standard InChI is InChI=1S/C13H22N2O2S/c1-3-11-9-12(8-10(11)2)15(7-6-14)18(16,17)13-4-5-13/h10-13H,3-5,7-9H2,1-2H3/t10-,11+,12+/m0/s1. The lowest BCUT2D eigenvalue weighted by molar-refractivity contribution is 0.338. The summed E-state index contributed by atoms with van der Waals surface area (Å²) in [5, 5.41) is 8.69. The van der Waals surface area contributed by atoms with Crippen molar-refractivity contribution in [1.82, 2.24) is 4.31 Å². The normalized spacial score (nSPS) is 32.7. The molecule has 0 aliphatic heterocycles. The first kappa shape index (κ1) is 13.8. The highest BCUT2D eigenvalue weighted by Gasteiger charge is 2.45. The zero-order valence-electron chi connectivity index (χ0n) is 11.2. The topological polar surface area (TPSA) is 61.2 Å². The molecule has 2 saturated carbocycles. The van der Waals surface area contributed by atoms with Crippen molar-refractivity contribution in [3.63, 3.8) is 0 Å². The molecule has 0 aromatic heterocycles. The van der Waals surface area contributed by atoms with E-state index >= 15 is 0 Å². The van der Waals surface area contributed by atoms with Crippen LogP contribution >= 0.6 is 0 Å². The molecule has 0 aromatic rings. The van der Waals surface area contributed by atoms with E-state index in [0.29, 0.717) is 11.8 Å². The summed E-state index contributed by atoms with van der Waals surface area (Å²) in [6.07, 6.45) is 4.46. The van der Waals surface area contributed by atoms with Crippen LogP contribution in [0.15, 0.2) is 0 Å². The summed E-state index contributed by atoms with van der Waals surface area (Å²) >= 11 is 0. The van der Waals surface area contributed by atoms with Crippen molar-refractivity contribution in [1.29, 1.82) is 5.26 Å². The Bertz CT molecular complexity index is 436. The minimum absolute atomic E-state index is 0.0205. The maximum Gasteiger partial charge on any atom is 0.218 e. The van der Waals surface area contributed by atoms with Gasteiger partial charge in [-0.15, -0.1) is 0 Å². The van der Waals surface area contributed by atoms with Crippen LogP contribution in [0.5, 0.6) is 0 Å². The van der Waals surface area contributed by atoms with Gasteiger partial charge in [-0.1, -0.05) is 20.3 Å². The average molecular weight is 270 g/mol. The van der Waals surface area contributed by atoms with Crippen molar-refractivity contribution >= 4 is 10.0 Å². The number of rotatable bonds is 5. The minimum atomic E-state index is -3.22. The zero-order chi connectivity index (χ0) is 13.3. The van der Waals surface area contributed by atoms with Crippen molar-refractivity contribution in [2.75, 3.05) is 6.54 Å². The largest absolute Gasteiger partial charge is 0.218 e. The number of hydrogen-bond acceptors (Lipinski definition) is 3. The maximum absolute atomic E-state index is 12.3. The Labute approximate surface area is 110 Å². The molecule has 102 valence electrons. The summed E-state index contributed by atoms with van der Waals surface area (Å²) in [5.41, 5.74) is 0. The molecule has 5 heteroatoms. The molecule has 0 bridgehead atoms. The van der Waals surface area contributed by atoms with Crippen LogP contribution in [0.1, 0.15) is 46.0 Å². The van der Waals surface area contributed by atoms with Crippen LogP contribution in [0.3, 0.4) is 0 Å². The predicted molar refractivity (Wildman–Crippen MR) is 70.2 cm³/mol. The summed E-state index contributed by atoms with van der Waals surface area (Å²) in [4.78, 5) is 0. The number of hydrogen-bond donors (Lipinski definition) is 0. The van der Waals surface area contributed by atoms with Gasteiger partial charge in [0, 0.05) is 6.04 Å². The highest BCUT2D eigenvalue weighted by Crippen LogP contribution is 2.40. The van der Waals surface area contributed by atoms with Gasteiger partial charge in [0.05, 0.1) is 11.3 Å². The lowest BCUT2D eigenvalue weighted by Crippen LogP contribution is -2.41. The van der Waals surface area contributed by atoms with E-state index in [9.17, 15) is 8.42 Å². The van der Waals surface area contributed by atoms with Gasteiger partial charge in [0.15, 0.2) is 0 Å². The summed E-state index contributed by atoms with van der Waals surface area (Å²) in [7, 11) is -3.22. The van der Waals surface area contributed by atoms with E-state index in [2.05, 4.69) is 13.8 Å². The summed E-state index contributed by atoms with van der Waals surface area (Å²) < 4.78 is 26.2. The van der Waals surface area contributed by atoms with Crippen molar-refractivity contribution in [2.24, 2.45) is 11.8 Å². The lowest BCUT2D eigenvalue weighted by atomic mass is 9.96. The van der Waals surface area contributed by atoms with E-state index in [1.165, 1.54) is 4.31 Å². The lowest BCUT2D eigenvalue weighted by Gasteiger charge is -2.26. The Kier molecular flexibility index (Phi) is 3.98. The zero-order valence-corrected chi connectivity index (χ0v) is 12.0. The number of nitrogens with zero attached hydrogens (tertiary/aromatic N) is 2. The quantitative estimate of drug-likeness (QED) is 0.719. The van der Waals surface area contributed by atoms with Crippen LogP contribution in [0.2, 0.25) is 0 Å². The van der Waals surface area contributed by atoms with Crippen LogP contribution in [-0.4, -0.2) is 30.6 Å². The molecule has 18 heavy (non-hydrogen) atoms. The highest BCUT2D eigenvalue weighted by atomic mass is 32.2. The van der Waals surface area contributed by atoms with Gasteiger partial charge in [-0.3, -0.25) is 0 Å². The molecule has 0 spiro atoms. The second-order valence-corrected chi connectivity index (χ2v) is 7.88. The van der Waals surface area contributed by atoms with Crippen LogP contribution in [0.25, 0.3) is 0 Å². The average Bonchev–Trinajstić information content (AvgIpc) is 3.11. The van der Waals surface area contributed by atoms with Gasteiger partial charge in [-0.2, -0.15) is 9.57 Å². The molecule has 2 aliphatic carbocycles. The van der Waals surface area contributed by atoms with Gasteiger partial charge in [0.1, 0.15) is 6.54 Å². The van der Waals surface area contributed by atoms with E-state index in [1.807, 2.05) is 6.07 Å². The molecule has 2 aliphatic rings. The van der Waals surface area contributed by atoms with E-state index in [-0.39, 0.29) is 17.8 Å². The number of nitriles is 1. The van der Waals surface area contributed by atoms with E-state index in [4.69, 9.17) is 5.26 Å².